The van der Waals surface area contributed by atoms with Crippen molar-refractivity contribution >= 4 is 0 Å². The molecule has 0 aromatic carbocycles. The summed E-state index contributed by atoms with van der Waals surface area (Å²) >= 11 is 0. The van der Waals surface area contributed by atoms with Crippen LogP contribution in [0.3, 0.4) is 0 Å². The van der Waals surface area contributed by atoms with Crippen LogP contribution in [0.4, 0.5) is 0 Å². The van der Waals surface area contributed by atoms with Gasteiger partial charge in [0.1, 0.15) is 11.9 Å². The normalized spacial score (nSPS) is 37.0. The van der Waals surface area contributed by atoms with Crippen LogP contribution in [0.1, 0.15) is 56.9 Å². The second-order valence-corrected chi connectivity index (χ2v) is 7.21. The fourth-order valence-corrected chi connectivity index (χ4v) is 4.34. The molecule has 4 atom stereocenters. The van der Waals surface area contributed by atoms with E-state index in [0.29, 0.717) is 12.1 Å². The SMILES string of the molecule is Cn1ccnc1[C@H]1OCC[C@@H]1N[C@@H]1CCC[C@H](C2CC2)C1. The average molecular weight is 289 g/mol. The van der Waals surface area contributed by atoms with E-state index in [1.807, 2.05) is 12.4 Å². The van der Waals surface area contributed by atoms with Gasteiger partial charge in [0, 0.05) is 38.1 Å². The maximum Gasteiger partial charge on any atom is 0.139 e. The van der Waals surface area contributed by atoms with Crippen LogP contribution in [-0.4, -0.2) is 28.2 Å². The van der Waals surface area contributed by atoms with Gasteiger partial charge in [-0.3, -0.25) is 0 Å². The minimum atomic E-state index is 0.131. The number of nitrogens with zero attached hydrogens (tertiary/aromatic N) is 2. The van der Waals surface area contributed by atoms with Gasteiger partial charge in [-0.15, -0.1) is 0 Å². The third-order valence-corrected chi connectivity index (χ3v) is 5.66. The first-order valence-corrected chi connectivity index (χ1v) is 8.66. The number of imidazole rings is 1. The third-order valence-electron chi connectivity index (χ3n) is 5.66. The maximum atomic E-state index is 5.97. The number of aryl methyl sites for hydroxylation is 1. The molecule has 1 N–H and O–H groups in total. The molecule has 0 amide bonds. The average Bonchev–Trinajstić information content (AvgIpc) is 3.12. The van der Waals surface area contributed by atoms with Gasteiger partial charge in [0.15, 0.2) is 0 Å². The number of aromatic nitrogens is 2. The summed E-state index contributed by atoms with van der Waals surface area (Å²) in [6.45, 7) is 0.855. The standard InChI is InChI=1S/C17H27N3O/c1-20-9-8-18-17(20)16-15(7-10-21-16)19-14-4-2-3-13(11-14)12-5-6-12/h8-9,12-16,19H,2-7,10-11H2,1H3/t13-,14+,15-,16-/m0/s1. The molecule has 4 nitrogen and oxygen atoms in total. The Morgan fingerprint density at radius 3 is 2.86 bits per heavy atom. The Morgan fingerprint density at radius 1 is 1.19 bits per heavy atom. The van der Waals surface area contributed by atoms with Crippen LogP contribution in [0, 0.1) is 11.8 Å². The molecule has 0 bridgehead atoms. The van der Waals surface area contributed by atoms with Gasteiger partial charge in [-0.2, -0.15) is 0 Å². The summed E-state index contributed by atoms with van der Waals surface area (Å²) < 4.78 is 8.07. The largest absolute Gasteiger partial charge is 0.369 e. The van der Waals surface area contributed by atoms with E-state index in [4.69, 9.17) is 4.74 Å². The minimum Gasteiger partial charge on any atom is -0.369 e. The number of hydrogen-bond donors (Lipinski definition) is 1. The molecule has 2 saturated carbocycles. The van der Waals surface area contributed by atoms with Crippen molar-refractivity contribution in [1.82, 2.24) is 14.9 Å². The number of rotatable bonds is 4. The Bertz CT molecular complexity index is 482. The fraction of sp³-hybridized carbons (Fsp3) is 0.824. The molecule has 3 aliphatic rings. The van der Waals surface area contributed by atoms with Gasteiger partial charge in [0.05, 0.1) is 0 Å². The Morgan fingerprint density at radius 2 is 2.10 bits per heavy atom. The van der Waals surface area contributed by atoms with Crippen molar-refractivity contribution < 1.29 is 4.74 Å². The summed E-state index contributed by atoms with van der Waals surface area (Å²) in [5, 5.41) is 3.92. The molecule has 0 unspecified atom stereocenters. The first-order valence-electron chi connectivity index (χ1n) is 8.66. The molecule has 1 aliphatic heterocycles. The molecule has 1 saturated heterocycles. The summed E-state index contributed by atoms with van der Waals surface area (Å²) in [4.78, 5) is 4.49. The first-order chi connectivity index (χ1) is 10.3. The molecule has 1 aromatic heterocycles. The lowest BCUT2D eigenvalue weighted by molar-refractivity contribution is 0.0842. The van der Waals surface area contributed by atoms with E-state index in [1.165, 1.54) is 38.5 Å². The van der Waals surface area contributed by atoms with Gasteiger partial charge in [-0.25, -0.2) is 4.98 Å². The molecule has 2 aliphatic carbocycles. The molecule has 21 heavy (non-hydrogen) atoms. The van der Waals surface area contributed by atoms with Crippen molar-refractivity contribution in [1.29, 1.82) is 0 Å². The van der Waals surface area contributed by atoms with Crippen molar-refractivity contribution in [2.45, 2.75) is 63.1 Å². The summed E-state index contributed by atoms with van der Waals surface area (Å²) in [6.07, 6.45) is 13.7. The summed E-state index contributed by atoms with van der Waals surface area (Å²) in [5.41, 5.74) is 0. The molecule has 2 heterocycles. The van der Waals surface area contributed by atoms with Crippen LogP contribution in [0.15, 0.2) is 12.4 Å². The monoisotopic (exact) mass is 289 g/mol. The molecular weight excluding hydrogens is 262 g/mol. The highest BCUT2D eigenvalue weighted by Crippen LogP contribution is 2.44. The molecule has 116 valence electrons. The molecule has 0 radical (unpaired) electrons. The van der Waals surface area contributed by atoms with Gasteiger partial charge < -0.3 is 14.6 Å². The lowest BCUT2D eigenvalue weighted by Crippen LogP contribution is -2.43. The van der Waals surface area contributed by atoms with E-state index in [1.54, 1.807) is 0 Å². The Kier molecular flexibility index (Phi) is 3.76. The topological polar surface area (TPSA) is 39.1 Å². The van der Waals surface area contributed by atoms with Gasteiger partial charge in [-0.05, 0) is 43.9 Å². The van der Waals surface area contributed by atoms with Gasteiger partial charge in [0.25, 0.3) is 0 Å². The van der Waals surface area contributed by atoms with Gasteiger partial charge in [-0.1, -0.05) is 12.8 Å². The molecule has 1 aromatic rings. The van der Waals surface area contributed by atoms with Crippen molar-refractivity contribution in [3.63, 3.8) is 0 Å². The smallest absolute Gasteiger partial charge is 0.139 e. The van der Waals surface area contributed by atoms with E-state index in [-0.39, 0.29) is 6.10 Å². The summed E-state index contributed by atoms with van der Waals surface area (Å²) in [7, 11) is 2.06. The molecule has 4 heteroatoms. The number of hydrogen-bond acceptors (Lipinski definition) is 3. The van der Waals surface area contributed by atoms with E-state index in [9.17, 15) is 0 Å². The van der Waals surface area contributed by atoms with Crippen LogP contribution >= 0.6 is 0 Å². The zero-order valence-electron chi connectivity index (χ0n) is 13.0. The Balaban J connectivity index is 1.40. The van der Waals surface area contributed by atoms with E-state index in [2.05, 4.69) is 21.9 Å². The van der Waals surface area contributed by atoms with Crippen LogP contribution in [0.2, 0.25) is 0 Å². The minimum absolute atomic E-state index is 0.131. The van der Waals surface area contributed by atoms with Crippen molar-refractivity contribution in [3.8, 4) is 0 Å². The lowest BCUT2D eigenvalue weighted by atomic mass is 9.82. The van der Waals surface area contributed by atoms with Gasteiger partial charge in [0.2, 0.25) is 0 Å². The van der Waals surface area contributed by atoms with Crippen LogP contribution < -0.4 is 5.32 Å². The lowest BCUT2D eigenvalue weighted by Gasteiger charge is -2.33. The fourth-order valence-electron chi connectivity index (χ4n) is 4.34. The molecule has 4 rings (SSSR count). The Labute approximate surface area is 127 Å². The predicted octanol–water partition coefficient (Wildman–Crippen LogP) is 2.81. The zero-order valence-corrected chi connectivity index (χ0v) is 13.0. The van der Waals surface area contributed by atoms with E-state index >= 15 is 0 Å². The van der Waals surface area contributed by atoms with Crippen LogP contribution in [0.25, 0.3) is 0 Å². The van der Waals surface area contributed by atoms with Crippen LogP contribution in [0.5, 0.6) is 0 Å². The van der Waals surface area contributed by atoms with Crippen molar-refractivity contribution in [2.75, 3.05) is 6.61 Å². The maximum absolute atomic E-state index is 5.97. The number of nitrogens with one attached hydrogen (secondary N) is 1. The molecular formula is C17H27N3O. The Hall–Kier alpha value is -0.870. The van der Waals surface area contributed by atoms with E-state index in [0.717, 1.165) is 30.7 Å². The van der Waals surface area contributed by atoms with Crippen molar-refractivity contribution in [2.24, 2.45) is 18.9 Å². The second kappa shape index (κ2) is 5.73. The van der Waals surface area contributed by atoms with E-state index < -0.39 is 0 Å². The van der Waals surface area contributed by atoms with Crippen LogP contribution in [-0.2, 0) is 11.8 Å². The zero-order chi connectivity index (χ0) is 14.2. The third kappa shape index (κ3) is 2.88. The first kappa shape index (κ1) is 13.8. The number of ether oxygens (including phenoxy) is 1. The quantitative estimate of drug-likeness (QED) is 0.926. The highest BCUT2D eigenvalue weighted by Gasteiger charge is 2.38. The van der Waals surface area contributed by atoms with Gasteiger partial charge >= 0.3 is 0 Å². The summed E-state index contributed by atoms with van der Waals surface area (Å²) in [5.74, 6) is 3.12. The highest BCUT2D eigenvalue weighted by atomic mass is 16.5. The second-order valence-electron chi connectivity index (χ2n) is 7.21. The molecule has 3 fully saturated rings. The predicted molar refractivity (Wildman–Crippen MR) is 81.9 cm³/mol. The highest BCUT2D eigenvalue weighted by molar-refractivity contribution is 5.03. The molecule has 0 spiro atoms. The van der Waals surface area contributed by atoms with Crippen molar-refractivity contribution in [3.05, 3.63) is 18.2 Å². The summed E-state index contributed by atoms with van der Waals surface area (Å²) in [6, 6.07) is 1.13.